The molecule has 1 heterocycles. The van der Waals surface area contributed by atoms with Crippen LogP contribution in [0.3, 0.4) is 0 Å². The molecule has 0 bridgehead atoms. The lowest BCUT2D eigenvalue weighted by atomic mass is 10.1. The van der Waals surface area contributed by atoms with Gasteiger partial charge in [-0.3, -0.25) is 4.79 Å². The fourth-order valence-electron chi connectivity index (χ4n) is 2.30. The average Bonchev–Trinajstić information content (AvgIpc) is 2.91. The van der Waals surface area contributed by atoms with Crippen molar-refractivity contribution in [3.8, 4) is 5.75 Å². The molecule has 0 saturated carbocycles. The highest BCUT2D eigenvalue weighted by atomic mass is 79.9. The molecule has 1 aliphatic rings. The highest BCUT2D eigenvalue weighted by molar-refractivity contribution is 9.10. The van der Waals surface area contributed by atoms with Gasteiger partial charge >= 0.3 is 11.9 Å². The molecule has 0 fully saturated rings. The SMILES string of the molecule is CC(=O)Oc1cccc(/C=C2\N=C(c3ccc(Br)c(C)c3)OC2=O)c1. The van der Waals surface area contributed by atoms with Gasteiger partial charge in [0.1, 0.15) is 5.75 Å². The first kappa shape index (κ1) is 17.1. The lowest BCUT2D eigenvalue weighted by molar-refractivity contribution is -0.132. The number of halogens is 1. The minimum atomic E-state index is -0.520. The highest BCUT2D eigenvalue weighted by Gasteiger charge is 2.24. The maximum Gasteiger partial charge on any atom is 0.363 e. The topological polar surface area (TPSA) is 65.0 Å². The number of hydrogen-bond donors (Lipinski definition) is 0. The number of cyclic esters (lactones) is 1. The van der Waals surface area contributed by atoms with E-state index in [4.69, 9.17) is 9.47 Å². The minimum absolute atomic E-state index is 0.190. The monoisotopic (exact) mass is 399 g/mol. The van der Waals surface area contributed by atoms with E-state index in [1.54, 1.807) is 30.3 Å². The molecule has 0 saturated heterocycles. The van der Waals surface area contributed by atoms with Crippen LogP contribution in [0, 0.1) is 6.92 Å². The third-order valence-corrected chi connectivity index (χ3v) is 4.34. The molecule has 0 unspecified atom stereocenters. The summed E-state index contributed by atoms with van der Waals surface area (Å²) in [6.45, 7) is 3.28. The second-order valence-corrected chi connectivity index (χ2v) is 6.32. The van der Waals surface area contributed by atoms with Crippen LogP contribution in [-0.4, -0.2) is 17.8 Å². The van der Waals surface area contributed by atoms with Crippen LogP contribution in [0.5, 0.6) is 5.75 Å². The molecule has 0 spiro atoms. The third kappa shape index (κ3) is 4.03. The molecule has 3 rings (SSSR count). The molecule has 0 atom stereocenters. The van der Waals surface area contributed by atoms with Crippen LogP contribution in [0.15, 0.2) is 57.6 Å². The zero-order valence-corrected chi connectivity index (χ0v) is 15.2. The van der Waals surface area contributed by atoms with Crippen molar-refractivity contribution < 1.29 is 19.1 Å². The van der Waals surface area contributed by atoms with Crippen molar-refractivity contribution in [1.29, 1.82) is 0 Å². The van der Waals surface area contributed by atoms with Crippen LogP contribution in [-0.2, 0) is 14.3 Å². The molecule has 0 amide bonds. The second kappa shape index (κ2) is 7.03. The molecule has 2 aromatic carbocycles. The number of ether oxygens (including phenoxy) is 2. The van der Waals surface area contributed by atoms with E-state index in [-0.39, 0.29) is 11.6 Å². The summed E-state index contributed by atoms with van der Waals surface area (Å²) in [4.78, 5) is 27.4. The maximum atomic E-state index is 12.1. The summed E-state index contributed by atoms with van der Waals surface area (Å²) >= 11 is 3.43. The number of carbonyl (C=O) groups is 2. The molecule has 0 aromatic heterocycles. The molecule has 6 heteroatoms. The maximum absolute atomic E-state index is 12.1. The first-order valence-corrected chi connectivity index (χ1v) is 8.29. The summed E-state index contributed by atoms with van der Waals surface area (Å²) in [6, 6.07) is 12.4. The number of aliphatic imine (C=N–C) groups is 1. The van der Waals surface area contributed by atoms with Gasteiger partial charge in [-0.25, -0.2) is 9.79 Å². The summed E-state index contributed by atoms with van der Waals surface area (Å²) in [5, 5.41) is 0. The fourth-order valence-corrected chi connectivity index (χ4v) is 2.55. The van der Waals surface area contributed by atoms with E-state index in [2.05, 4.69) is 20.9 Å². The van der Waals surface area contributed by atoms with Gasteiger partial charge in [0, 0.05) is 17.0 Å². The zero-order valence-electron chi connectivity index (χ0n) is 13.6. The Kier molecular flexibility index (Phi) is 4.81. The van der Waals surface area contributed by atoms with Gasteiger partial charge < -0.3 is 9.47 Å². The van der Waals surface area contributed by atoms with Crippen LogP contribution in [0.25, 0.3) is 6.08 Å². The number of hydrogen-bond acceptors (Lipinski definition) is 5. The van der Waals surface area contributed by atoms with Crippen molar-refractivity contribution in [3.63, 3.8) is 0 Å². The molecule has 0 aliphatic carbocycles. The summed E-state index contributed by atoms with van der Waals surface area (Å²) in [5.74, 6) is -0.256. The Morgan fingerprint density at radius 3 is 2.76 bits per heavy atom. The molecule has 0 N–H and O–H groups in total. The van der Waals surface area contributed by atoms with Gasteiger partial charge in [-0.2, -0.15) is 0 Å². The van der Waals surface area contributed by atoms with Crippen molar-refractivity contribution >= 4 is 39.8 Å². The van der Waals surface area contributed by atoms with Gasteiger partial charge in [-0.15, -0.1) is 0 Å². The normalized spacial score (nSPS) is 15.1. The van der Waals surface area contributed by atoms with Gasteiger partial charge in [0.15, 0.2) is 5.70 Å². The lowest BCUT2D eigenvalue weighted by Crippen LogP contribution is -2.05. The third-order valence-electron chi connectivity index (χ3n) is 3.45. The van der Waals surface area contributed by atoms with Gasteiger partial charge in [0.2, 0.25) is 5.90 Å². The van der Waals surface area contributed by atoms with Crippen molar-refractivity contribution in [2.75, 3.05) is 0 Å². The average molecular weight is 400 g/mol. The molecule has 2 aromatic rings. The lowest BCUT2D eigenvalue weighted by Gasteiger charge is -2.02. The molecule has 25 heavy (non-hydrogen) atoms. The second-order valence-electron chi connectivity index (χ2n) is 5.47. The summed E-state index contributed by atoms with van der Waals surface area (Å²) in [5.41, 5.74) is 2.62. The van der Waals surface area contributed by atoms with Crippen LogP contribution >= 0.6 is 15.9 Å². The van der Waals surface area contributed by atoms with Crippen LogP contribution in [0.1, 0.15) is 23.6 Å². The van der Waals surface area contributed by atoms with Gasteiger partial charge in [-0.1, -0.05) is 28.1 Å². The van der Waals surface area contributed by atoms with Crippen molar-refractivity contribution in [1.82, 2.24) is 0 Å². The molecule has 5 nitrogen and oxygen atoms in total. The minimum Gasteiger partial charge on any atom is -0.427 e. The van der Waals surface area contributed by atoms with Gasteiger partial charge in [0.25, 0.3) is 0 Å². The largest absolute Gasteiger partial charge is 0.427 e. The van der Waals surface area contributed by atoms with Crippen LogP contribution < -0.4 is 4.74 Å². The van der Waals surface area contributed by atoms with E-state index >= 15 is 0 Å². The zero-order chi connectivity index (χ0) is 18.0. The quantitative estimate of drug-likeness (QED) is 0.444. The van der Waals surface area contributed by atoms with Crippen molar-refractivity contribution in [3.05, 3.63) is 69.3 Å². The number of nitrogens with zero attached hydrogens (tertiary/aromatic N) is 1. The molecular formula is C19H14BrNO4. The number of rotatable bonds is 3. The van der Waals surface area contributed by atoms with E-state index in [1.165, 1.54) is 6.92 Å². The number of aryl methyl sites for hydroxylation is 1. The fraction of sp³-hybridized carbons (Fsp3) is 0.105. The molecule has 1 aliphatic heterocycles. The number of benzene rings is 2. The molecule has 0 radical (unpaired) electrons. The van der Waals surface area contributed by atoms with E-state index in [0.717, 1.165) is 15.6 Å². The standard InChI is InChI=1S/C19H14BrNO4/c1-11-8-14(6-7-16(11)20)18-21-17(19(23)25-18)10-13-4-3-5-15(9-13)24-12(2)22/h3-10H,1-2H3/b17-10-. The smallest absolute Gasteiger partial charge is 0.363 e. The van der Waals surface area contributed by atoms with E-state index < -0.39 is 11.9 Å². The Hall–Kier alpha value is -2.73. The first-order chi connectivity index (χ1) is 11.9. The Morgan fingerprint density at radius 2 is 2.04 bits per heavy atom. The Morgan fingerprint density at radius 1 is 1.24 bits per heavy atom. The van der Waals surface area contributed by atoms with Gasteiger partial charge in [0.05, 0.1) is 0 Å². The highest BCUT2D eigenvalue weighted by Crippen LogP contribution is 2.23. The van der Waals surface area contributed by atoms with E-state index in [9.17, 15) is 9.59 Å². The van der Waals surface area contributed by atoms with E-state index in [1.807, 2.05) is 25.1 Å². The van der Waals surface area contributed by atoms with Crippen molar-refractivity contribution in [2.45, 2.75) is 13.8 Å². The number of carbonyl (C=O) groups excluding carboxylic acids is 2. The summed E-state index contributed by atoms with van der Waals surface area (Å²) < 4.78 is 11.3. The predicted octanol–water partition coefficient (Wildman–Crippen LogP) is 4.03. The summed E-state index contributed by atoms with van der Waals surface area (Å²) in [6.07, 6.45) is 1.59. The number of esters is 2. The Labute approximate surface area is 153 Å². The van der Waals surface area contributed by atoms with Crippen LogP contribution in [0.4, 0.5) is 0 Å². The molecular weight excluding hydrogens is 386 g/mol. The molecule has 126 valence electrons. The first-order valence-electron chi connectivity index (χ1n) is 7.50. The van der Waals surface area contributed by atoms with Gasteiger partial charge in [-0.05, 0) is 54.5 Å². The van der Waals surface area contributed by atoms with E-state index in [0.29, 0.717) is 11.3 Å². The summed E-state index contributed by atoms with van der Waals surface area (Å²) in [7, 11) is 0. The van der Waals surface area contributed by atoms with Crippen molar-refractivity contribution in [2.24, 2.45) is 4.99 Å². The predicted molar refractivity (Wildman–Crippen MR) is 97.2 cm³/mol. The Balaban J connectivity index is 1.90. The Bertz CT molecular complexity index is 931. The van der Waals surface area contributed by atoms with Crippen LogP contribution in [0.2, 0.25) is 0 Å².